The molecule has 0 aliphatic heterocycles. The highest BCUT2D eigenvalue weighted by molar-refractivity contribution is 7.93. The molecule has 1 heterocycles. The Hall–Kier alpha value is -1.93. The number of esters is 1. The topological polar surface area (TPSA) is 85.4 Å². The molecule has 0 aliphatic rings. The summed E-state index contributed by atoms with van der Waals surface area (Å²) in [4.78, 5) is 15.4. The fourth-order valence-corrected chi connectivity index (χ4v) is 3.40. The van der Waals surface area contributed by atoms with Crippen LogP contribution >= 0.6 is 11.3 Å². The molecule has 1 N–H and O–H groups in total. The van der Waals surface area contributed by atoms with Crippen LogP contribution in [0.2, 0.25) is 0 Å². The number of nitrogens with zero attached hydrogens (tertiary/aromatic N) is 1. The molecule has 6 nitrogen and oxygen atoms in total. The van der Waals surface area contributed by atoms with Gasteiger partial charge in [-0.1, -0.05) is 0 Å². The van der Waals surface area contributed by atoms with Gasteiger partial charge >= 0.3 is 5.97 Å². The van der Waals surface area contributed by atoms with E-state index in [-0.39, 0.29) is 10.5 Å². The minimum atomic E-state index is -3.70. The van der Waals surface area contributed by atoms with Crippen molar-refractivity contribution in [2.24, 2.45) is 0 Å². The molecule has 0 saturated carbocycles. The standard InChI is InChI=1S/C12H12N2O4S2/c1-8-7-19-12(13-8)14-20(16,17)10-5-3-9(4-6-10)11(15)18-2/h3-7H,1-2H3,(H,13,14). The van der Waals surface area contributed by atoms with E-state index in [0.717, 1.165) is 5.69 Å². The molecule has 8 heteroatoms. The van der Waals surface area contributed by atoms with Crippen molar-refractivity contribution in [1.29, 1.82) is 0 Å². The van der Waals surface area contributed by atoms with Crippen LogP contribution < -0.4 is 4.72 Å². The molecule has 0 saturated heterocycles. The number of anilines is 1. The Morgan fingerprint density at radius 3 is 2.45 bits per heavy atom. The predicted octanol–water partition coefficient (Wildman–Crippen LogP) is 2.04. The van der Waals surface area contributed by atoms with Crippen molar-refractivity contribution in [2.75, 3.05) is 11.8 Å². The first-order chi connectivity index (χ1) is 9.42. The summed E-state index contributed by atoms with van der Waals surface area (Å²) in [6.45, 7) is 1.78. The Balaban J connectivity index is 2.23. The second-order valence-electron chi connectivity index (χ2n) is 3.92. The molecule has 1 aromatic heterocycles. The van der Waals surface area contributed by atoms with Crippen LogP contribution in [-0.2, 0) is 14.8 Å². The molecule has 2 rings (SSSR count). The first-order valence-corrected chi connectivity index (χ1v) is 7.92. The first kappa shape index (κ1) is 14.5. The van der Waals surface area contributed by atoms with E-state index in [1.54, 1.807) is 12.3 Å². The number of carbonyl (C=O) groups is 1. The SMILES string of the molecule is COC(=O)c1ccc(S(=O)(=O)Nc2nc(C)cs2)cc1. The quantitative estimate of drug-likeness (QED) is 0.873. The van der Waals surface area contributed by atoms with Crippen LogP contribution in [0.5, 0.6) is 0 Å². The van der Waals surface area contributed by atoms with Gasteiger partial charge in [0.05, 0.1) is 23.3 Å². The largest absolute Gasteiger partial charge is 0.465 e. The molecule has 1 aromatic carbocycles. The number of aryl methyl sites for hydroxylation is 1. The third-order valence-corrected chi connectivity index (χ3v) is 4.79. The number of hydrogen-bond acceptors (Lipinski definition) is 6. The maximum Gasteiger partial charge on any atom is 0.337 e. The average molecular weight is 312 g/mol. The molecular weight excluding hydrogens is 300 g/mol. The van der Waals surface area contributed by atoms with Crippen molar-refractivity contribution < 1.29 is 17.9 Å². The molecule has 0 aliphatic carbocycles. The fourth-order valence-electron chi connectivity index (χ4n) is 1.46. The summed E-state index contributed by atoms with van der Waals surface area (Å²) in [6, 6.07) is 5.48. The van der Waals surface area contributed by atoms with Crippen LogP contribution in [0.25, 0.3) is 0 Å². The maximum absolute atomic E-state index is 12.1. The smallest absolute Gasteiger partial charge is 0.337 e. The zero-order valence-electron chi connectivity index (χ0n) is 10.8. The zero-order valence-corrected chi connectivity index (χ0v) is 12.4. The van der Waals surface area contributed by atoms with Gasteiger partial charge in [0.1, 0.15) is 0 Å². The lowest BCUT2D eigenvalue weighted by Gasteiger charge is -2.05. The van der Waals surface area contributed by atoms with Gasteiger partial charge < -0.3 is 4.74 Å². The zero-order chi connectivity index (χ0) is 14.8. The Kier molecular flexibility index (Phi) is 4.05. The highest BCUT2D eigenvalue weighted by Gasteiger charge is 2.16. The molecule has 2 aromatic rings. The van der Waals surface area contributed by atoms with Gasteiger partial charge in [-0.05, 0) is 31.2 Å². The third-order valence-electron chi connectivity index (χ3n) is 2.43. The Morgan fingerprint density at radius 1 is 1.30 bits per heavy atom. The highest BCUT2D eigenvalue weighted by atomic mass is 32.2. The average Bonchev–Trinajstić information content (AvgIpc) is 2.82. The van der Waals surface area contributed by atoms with Gasteiger partial charge in [0.25, 0.3) is 10.0 Å². The molecule has 0 bridgehead atoms. The maximum atomic E-state index is 12.1. The van der Waals surface area contributed by atoms with Crippen LogP contribution in [0, 0.1) is 6.92 Å². The summed E-state index contributed by atoms with van der Waals surface area (Å²) in [5.41, 5.74) is 1.03. The minimum Gasteiger partial charge on any atom is -0.465 e. The number of ether oxygens (including phenoxy) is 1. The lowest BCUT2D eigenvalue weighted by Crippen LogP contribution is -2.13. The molecule has 20 heavy (non-hydrogen) atoms. The summed E-state index contributed by atoms with van der Waals surface area (Å²) in [5.74, 6) is -0.516. The number of methoxy groups -OCH3 is 1. The van der Waals surface area contributed by atoms with E-state index in [1.807, 2.05) is 0 Å². The van der Waals surface area contributed by atoms with E-state index in [9.17, 15) is 13.2 Å². The number of rotatable bonds is 4. The molecule has 0 atom stereocenters. The van der Waals surface area contributed by atoms with Gasteiger partial charge in [0.2, 0.25) is 0 Å². The highest BCUT2D eigenvalue weighted by Crippen LogP contribution is 2.20. The van der Waals surface area contributed by atoms with E-state index in [2.05, 4.69) is 14.4 Å². The summed E-state index contributed by atoms with van der Waals surface area (Å²) in [7, 11) is -2.44. The lowest BCUT2D eigenvalue weighted by atomic mass is 10.2. The minimum absolute atomic E-state index is 0.0537. The summed E-state index contributed by atoms with van der Waals surface area (Å²) in [6.07, 6.45) is 0. The van der Waals surface area contributed by atoms with Gasteiger partial charge in [-0.2, -0.15) is 0 Å². The Bertz CT molecular complexity index is 720. The molecular formula is C12H12N2O4S2. The second-order valence-corrected chi connectivity index (χ2v) is 6.46. The van der Waals surface area contributed by atoms with Crippen LogP contribution in [-0.4, -0.2) is 26.5 Å². The fraction of sp³-hybridized carbons (Fsp3) is 0.167. The van der Waals surface area contributed by atoms with Crippen molar-refractivity contribution >= 4 is 32.5 Å². The van der Waals surface area contributed by atoms with Crippen molar-refractivity contribution in [3.8, 4) is 0 Å². The number of hydrogen-bond donors (Lipinski definition) is 1. The summed E-state index contributed by atoms with van der Waals surface area (Å²) < 4.78 is 31.1. The number of sulfonamides is 1. The number of benzene rings is 1. The van der Waals surface area contributed by atoms with Crippen molar-refractivity contribution in [1.82, 2.24) is 4.98 Å². The third kappa shape index (κ3) is 3.14. The van der Waals surface area contributed by atoms with Crippen molar-refractivity contribution in [3.05, 3.63) is 40.9 Å². The molecule has 0 radical (unpaired) electrons. The van der Waals surface area contributed by atoms with Crippen LogP contribution in [0.1, 0.15) is 16.1 Å². The van der Waals surface area contributed by atoms with Crippen LogP contribution in [0.15, 0.2) is 34.5 Å². The van der Waals surface area contributed by atoms with Gasteiger partial charge in [-0.25, -0.2) is 18.2 Å². The van der Waals surface area contributed by atoms with E-state index in [4.69, 9.17) is 0 Å². The van der Waals surface area contributed by atoms with Crippen LogP contribution in [0.3, 0.4) is 0 Å². The Morgan fingerprint density at radius 2 is 1.95 bits per heavy atom. The lowest BCUT2D eigenvalue weighted by molar-refractivity contribution is 0.0600. The number of carbonyl (C=O) groups excluding carboxylic acids is 1. The van der Waals surface area contributed by atoms with E-state index < -0.39 is 16.0 Å². The van der Waals surface area contributed by atoms with E-state index in [0.29, 0.717) is 5.13 Å². The summed E-state index contributed by atoms with van der Waals surface area (Å²) in [5, 5.41) is 2.05. The van der Waals surface area contributed by atoms with E-state index in [1.165, 1.54) is 42.7 Å². The van der Waals surface area contributed by atoms with Gasteiger partial charge in [0, 0.05) is 5.38 Å². The molecule has 0 spiro atoms. The molecule has 0 fully saturated rings. The first-order valence-electron chi connectivity index (χ1n) is 5.56. The predicted molar refractivity (Wildman–Crippen MR) is 75.4 cm³/mol. The Labute approximate surface area is 120 Å². The molecule has 106 valence electrons. The number of thiazole rings is 1. The van der Waals surface area contributed by atoms with E-state index >= 15 is 0 Å². The van der Waals surface area contributed by atoms with Crippen molar-refractivity contribution in [3.63, 3.8) is 0 Å². The van der Waals surface area contributed by atoms with Crippen LogP contribution in [0.4, 0.5) is 5.13 Å². The second kappa shape index (κ2) is 5.59. The van der Waals surface area contributed by atoms with Gasteiger partial charge in [-0.15, -0.1) is 11.3 Å². The van der Waals surface area contributed by atoms with Gasteiger partial charge in [0.15, 0.2) is 5.13 Å². The number of aromatic nitrogens is 1. The normalized spacial score (nSPS) is 11.1. The molecule has 0 amide bonds. The van der Waals surface area contributed by atoms with Crippen molar-refractivity contribution in [2.45, 2.75) is 11.8 Å². The molecule has 0 unspecified atom stereocenters. The van der Waals surface area contributed by atoms with Gasteiger partial charge in [-0.3, -0.25) is 4.72 Å². The summed E-state index contributed by atoms with van der Waals surface area (Å²) >= 11 is 1.21. The monoisotopic (exact) mass is 312 g/mol. The number of nitrogens with one attached hydrogen (secondary N) is 1.